The molecule has 0 bridgehead atoms. The fourth-order valence-electron chi connectivity index (χ4n) is 5.50. The van der Waals surface area contributed by atoms with E-state index < -0.39 is 11.1 Å². The number of hydrogen-bond donors (Lipinski definition) is 1. The van der Waals surface area contributed by atoms with Gasteiger partial charge in [0.25, 0.3) is 0 Å². The highest BCUT2D eigenvalue weighted by molar-refractivity contribution is 5.36. The van der Waals surface area contributed by atoms with Gasteiger partial charge in [-0.3, -0.25) is 0 Å². The number of likely N-dealkylation sites (N-methyl/N-ethyl adjacent to an activating group) is 1. The lowest BCUT2D eigenvalue weighted by Gasteiger charge is -2.54. The third-order valence-electron chi connectivity index (χ3n) is 7.43. The molecule has 6 nitrogen and oxygen atoms in total. The summed E-state index contributed by atoms with van der Waals surface area (Å²) in [6, 6.07) is 21.3. The molecule has 0 amide bonds. The van der Waals surface area contributed by atoms with E-state index in [1.165, 1.54) is 0 Å². The van der Waals surface area contributed by atoms with E-state index in [2.05, 4.69) is 137 Å². The minimum atomic E-state index is -0.674. The van der Waals surface area contributed by atoms with E-state index in [9.17, 15) is 0 Å². The average Bonchev–Trinajstić information content (AvgIpc) is 3.18. The minimum Gasteiger partial charge on any atom is -0.366 e. The predicted molar refractivity (Wildman–Crippen MR) is 148 cm³/mol. The number of benzene rings is 2. The van der Waals surface area contributed by atoms with Gasteiger partial charge in [-0.25, -0.2) is 10.0 Å². The first-order chi connectivity index (χ1) is 17.1. The quantitative estimate of drug-likeness (QED) is 0.310. The van der Waals surface area contributed by atoms with Crippen molar-refractivity contribution in [3.63, 3.8) is 0 Å². The Bertz CT molecular complexity index is 948. The molecule has 1 aliphatic rings. The molecule has 198 valence electrons. The van der Waals surface area contributed by atoms with Crippen molar-refractivity contribution in [1.82, 2.24) is 15.2 Å². The first kappa shape index (κ1) is 28.4. The van der Waals surface area contributed by atoms with E-state index in [-0.39, 0.29) is 6.10 Å². The molecule has 36 heavy (non-hydrogen) atoms. The monoisotopic (exact) mass is 495 g/mol. The summed E-state index contributed by atoms with van der Waals surface area (Å²) in [5.41, 5.74) is 4.66. The summed E-state index contributed by atoms with van der Waals surface area (Å²) in [7, 11) is 12.8. The Hall–Kier alpha value is -2.22. The lowest BCUT2D eigenvalue weighted by atomic mass is 9.69. The second-order valence-electron chi connectivity index (χ2n) is 11.0. The molecular formula is C30H47N4O2+. The van der Waals surface area contributed by atoms with Crippen molar-refractivity contribution in [2.45, 2.75) is 37.0 Å². The number of rotatable bonds is 14. The molecule has 0 spiro atoms. The molecule has 0 aliphatic carbocycles. The Morgan fingerprint density at radius 2 is 1.42 bits per heavy atom. The second kappa shape index (κ2) is 12.3. The van der Waals surface area contributed by atoms with Crippen molar-refractivity contribution in [2.24, 2.45) is 0 Å². The van der Waals surface area contributed by atoms with Crippen LogP contribution in [0.5, 0.6) is 0 Å². The van der Waals surface area contributed by atoms with E-state index in [1.54, 1.807) is 0 Å². The summed E-state index contributed by atoms with van der Waals surface area (Å²) in [5.74, 6) is 0. The van der Waals surface area contributed by atoms with Crippen LogP contribution in [0.4, 0.5) is 0 Å². The van der Waals surface area contributed by atoms with E-state index in [4.69, 9.17) is 9.47 Å². The summed E-state index contributed by atoms with van der Waals surface area (Å²) in [4.78, 5) is 4.41. The standard InChI is InChI=1S/C30H47N4O2/c1-29(27-18-12-9-13-19-27,36-25-15-23-33(4)5)30(20-21-31-34(30,6)7)28(26-16-10-8-11-17-26)35-24-14-22-32(2)3/h8-13,16-21,28,31H,14-15,22-25H2,1-7H3/q+1. The Labute approximate surface area is 219 Å². The third kappa shape index (κ3) is 6.01. The molecular weight excluding hydrogens is 448 g/mol. The van der Waals surface area contributed by atoms with Crippen molar-refractivity contribution in [3.8, 4) is 0 Å². The first-order valence-corrected chi connectivity index (χ1v) is 13.1. The van der Waals surface area contributed by atoms with Gasteiger partial charge in [0.2, 0.25) is 5.54 Å². The molecule has 0 radical (unpaired) electrons. The van der Waals surface area contributed by atoms with Crippen LogP contribution in [-0.4, -0.2) is 88.5 Å². The maximum Gasteiger partial charge on any atom is 0.205 e. The Morgan fingerprint density at radius 1 is 0.861 bits per heavy atom. The lowest BCUT2D eigenvalue weighted by molar-refractivity contribution is -0.977. The summed E-state index contributed by atoms with van der Waals surface area (Å²) in [5, 5.41) is 0. The molecule has 1 aliphatic heterocycles. The maximum absolute atomic E-state index is 7.01. The van der Waals surface area contributed by atoms with Crippen molar-refractivity contribution in [1.29, 1.82) is 0 Å². The maximum atomic E-state index is 7.01. The molecule has 0 saturated carbocycles. The molecule has 0 aromatic heterocycles. The van der Waals surface area contributed by atoms with Gasteiger partial charge in [-0.2, -0.15) is 0 Å². The number of ether oxygens (including phenoxy) is 2. The van der Waals surface area contributed by atoms with Gasteiger partial charge in [0, 0.05) is 19.3 Å². The van der Waals surface area contributed by atoms with Gasteiger partial charge in [-0.15, -0.1) is 0 Å². The molecule has 3 atom stereocenters. The van der Waals surface area contributed by atoms with Crippen molar-refractivity contribution in [3.05, 3.63) is 84.1 Å². The van der Waals surface area contributed by atoms with Crippen LogP contribution in [0, 0.1) is 0 Å². The van der Waals surface area contributed by atoms with Gasteiger partial charge in [0.15, 0.2) is 5.60 Å². The SMILES string of the molecule is CN(C)CCCOC(c1ccccc1)C1(C(C)(OCCCN(C)C)c2ccccc2)C=CN[N+]1(C)C. The second-order valence-corrected chi connectivity index (χ2v) is 11.0. The van der Waals surface area contributed by atoms with Crippen LogP contribution < -0.4 is 5.43 Å². The van der Waals surface area contributed by atoms with E-state index in [0.717, 1.165) is 37.1 Å². The third-order valence-corrected chi connectivity index (χ3v) is 7.43. The number of hydrogen-bond acceptors (Lipinski definition) is 5. The largest absolute Gasteiger partial charge is 0.366 e. The zero-order valence-electron chi connectivity index (χ0n) is 23.4. The summed E-state index contributed by atoms with van der Waals surface area (Å²) < 4.78 is 14.4. The number of nitrogens with one attached hydrogen (secondary N) is 1. The van der Waals surface area contributed by atoms with E-state index in [1.807, 2.05) is 0 Å². The predicted octanol–water partition coefficient (Wildman–Crippen LogP) is 4.43. The molecule has 6 heteroatoms. The Balaban J connectivity index is 2.12. The topological polar surface area (TPSA) is 37.0 Å². The fraction of sp³-hybridized carbons (Fsp3) is 0.533. The minimum absolute atomic E-state index is 0.235. The molecule has 2 aromatic rings. The van der Waals surface area contributed by atoms with Gasteiger partial charge < -0.3 is 19.3 Å². The molecule has 1 N–H and O–H groups in total. The van der Waals surface area contributed by atoms with Crippen LogP contribution >= 0.6 is 0 Å². The van der Waals surface area contributed by atoms with Gasteiger partial charge in [0.05, 0.1) is 20.3 Å². The first-order valence-electron chi connectivity index (χ1n) is 13.1. The van der Waals surface area contributed by atoms with Crippen LogP contribution in [0.15, 0.2) is 72.9 Å². The number of quaternary nitrogens is 1. The van der Waals surface area contributed by atoms with E-state index in [0.29, 0.717) is 17.8 Å². The highest BCUT2D eigenvalue weighted by Crippen LogP contribution is 2.53. The zero-order valence-corrected chi connectivity index (χ0v) is 23.4. The van der Waals surface area contributed by atoms with Crippen LogP contribution in [-0.2, 0) is 15.1 Å². The van der Waals surface area contributed by atoms with E-state index >= 15 is 0 Å². The smallest absolute Gasteiger partial charge is 0.205 e. The van der Waals surface area contributed by atoms with Crippen molar-refractivity contribution >= 4 is 0 Å². The van der Waals surface area contributed by atoms with Crippen molar-refractivity contribution < 1.29 is 14.1 Å². The van der Waals surface area contributed by atoms with Gasteiger partial charge in [-0.1, -0.05) is 60.7 Å². The van der Waals surface area contributed by atoms with Crippen LogP contribution in [0.25, 0.3) is 0 Å². The van der Waals surface area contributed by atoms with Gasteiger partial charge >= 0.3 is 0 Å². The fourth-order valence-corrected chi connectivity index (χ4v) is 5.50. The van der Waals surface area contributed by atoms with Crippen LogP contribution in [0.2, 0.25) is 0 Å². The molecule has 0 fully saturated rings. The molecule has 1 heterocycles. The van der Waals surface area contributed by atoms with Gasteiger partial charge in [0.1, 0.15) is 6.10 Å². The van der Waals surface area contributed by atoms with Crippen molar-refractivity contribution in [2.75, 3.05) is 68.6 Å². The Kier molecular flexibility index (Phi) is 9.72. The normalized spacial score (nSPS) is 21.5. The van der Waals surface area contributed by atoms with Crippen LogP contribution in [0.1, 0.15) is 37.0 Å². The summed E-state index contributed by atoms with van der Waals surface area (Å²) in [6.07, 6.45) is 6.04. The highest BCUT2D eigenvalue weighted by atomic mass is 16.5. The highest BCUT2D eigenvalue weighted by Gasteiger charge is 2.67. The average molecular weight is 496 g/mol. The summed E-state index contributed by atoms with van der Waals surface area (Å²) in [6.45, 7) is 5.53. The summed E-state index contributed by atoms with van der Waals surface area (Å²) >= 11 is 0. The molecule has 3 unspecified atom stereocenters. The lowest BCUT2D eigenvalue weighted by Crippen LogP contribution is -2.72. The van der Waals surface area contributed by atoms with Crippen LogP contribution in [0.3, 0.4) is 0 Å². The molecule has 3 rings (SSSR count). The molecule has 2 aromatic carbocycles. The Morgan fingerprint density at radius 3 is 1.94 bits per heavy atom. The number of nitrogens with zero attached hydrogens (tertiary/aromatic N) is 3. The zero-order chi connectivity index (χ0) is 26.2. The molecule has 0 saturated heterocycles. The van der Waals surface area contributed by atoms with Gasteiger partial charge in [-0.05, 0) is 72.2 Å².